The predicted octanol–water partition coefficient (Wildman–Crippen LogP) is 4.19. The van der Waals surface area contributed by atoms with Gasteiger partial charge in [-0.05, 0) is 63.8 Å². The summed E-state index contributed by atoms with van der Waals surface area (Å²) in [6, 6.07) is 0. The maximum absolute atomic E-state index is 12.1. The molecule has 2 N–H and O–H groups in total. The first-order valence-electron chi connectivity index (χ1n) is 9.63. The number of likely N-dealkylation sites (tertiary alicyclic amines) is 1. The van der Waals surface area contributed by atoms with Crippen LogP contribution in [0.25, 0.3) is 0 Å². The molecular formula is C20H40N2O3. The largest absolute Gasteiger partial charge is 0.444 e. The summed E-state index contributed by atoms with van der Waals surface area (Å²) in [6.07, 6.45) is 3.93. The molecule has 0 saturated carbocycles. The van der Waals surface area contributed by atoms with Gasteiger partial charge in [0, 0.05) is 19.7 Å². The van der Waals surface area contributed by atoms with Crippen molar-refractivity contribution < 1.29 is 14.3 Å². The lowest BCUT2D eigenvalue weighted by atomic mass is 9.73. The summed E-state index contributed by atoms with van der Waals surface area (Å²) >= 11 is 0. The third kappa shape index (κ3) is 8.91. The van der Waals surface area contributed by atoms with Crippen LogP contribution in [0.15, 0.2) is 0 Å². The molecule has 0 aromatic rings. The SMILES string of the molecule is CC(C)(CN)CC(C)(C)CCOC1CCN(C(=O)OC(C)(C)C)CC1. The summed E-state index contributed by atoms with van der Waals surface area (Å²) in [7, 11) is 0. The summed E-state index contributed by atoms with van der Waals surface area (Å²) in [5.41, 5.74) is 5.82. The Bertz CT molecular complexity index is 419. The van der Waals surface area contributed by atoms with Gasteiger partial charge in [0.15, 0.2) is 0 Å². The minimum absolute atomic E-state index is 0.169. The molecule has 1 rings (SSSR count). The van der Waals surface area contributed by atoms with E-state index in [1.54, 1.807) is 4.90 Å². The summed E-state index contributed by atoms with van der Waals surface area (Å²) in [5, 5.41) is 0. The minimum Gasteiger partial charge on any atom is -0.444 e. The second-order valence-electron chi connectivity index (χ2n) is 10.00. The molecule has 1 aliphatic heterocycles. The number of piperidine rings is 1. The number of nitrogens with zero attached hydrogens (tertiary/aromatic N) is 1. The fourth-order valence-electron chi connectivity index (χ4n) is 3.49. The van der Waals surface area contributed by atoms with Gasteiger partial charge < -0.3 is 20.1 Å². The normalized spacial score (nSPS) is 17.7. The molecule has 1 fully saturated rings. The highest BCUT2D eigenvalue weighted by Crippen LogP contribution is 2.35. The van der Waals surface area contributed by atoms with Crippen molar-refractivity contribution in [1.29, 1.82) is 0 Å². The van der Waals surface area contributed by atoms with Gasteiger partial charge in [-0.1, -0.05) is 27.7 Å². The van der Waals surface area contributed by atoms with Gasteiger partial charge in [-0.15, -0.1) is 0 Å². The first-order chi connectivity index (χ1) is 11.3. The summed E-state index contributed by atoms with van der Waals surface area (Å²) in [5.74, 6) is 0. The average molecular weight is 357 g/mol. The summed E-state index contributed by atoms with van der Waals surface area (Å²) in [4.78, 5) is 13.9. The van der Waals surface area contributed by atoms with E-state index >= 15 is 0 Å². The predicted molar refractivity (Wildman–Crippen MR) is 103 cm³/mol. The number of hydrogen-bond donors (Lipinski definition) is 1. The molecule has 1 saturated heterocycles. The monoisotopic (exact) mass is 356 g/mol. The van der Waals surface area contributed by atoms with Crippen LogP contribution < -0.4 is 5.73 Å². The van der Waals surface area contributed by atoms with Crippen LogP contribution in [0.2, 0.25) is 0 Å². The molecule has 5 nitrogen and oxygen atoms in total. The van der Waals surface area contributed by atoms with E-state index in [1.165, 1.54) is 0 Å². The third-order valence-corrected chi connectivity index (χ3v) is 4.74. The standard InChI is InChI=1S/C20H40N2O3/c1-18(2,3)25-17(23)22-11-8-16(9-12-22)24-13-10-19(4,5)14-20(6,7)15-21/h16H,8-15,21H2,1-7H3. The van der Waals surface area contributed by atoms with E-state index in [9.17, 15) is 4.79 Å². The number of amides is 1. The van der Waals surface area contributed by atoms with E-state index < -0.39 is 5.60 Å². The molecule has 0 aliphatic carbocycles. The number of rotatable bonds is 7. The van der Waals surface area contributed by atoms with Crippen molar-refractivity contribution in [2.45, 2.75) is 85.9 Å². The highest BCUT2D eigenvalue weighted by molar-refractivity contribution is 5.68. The van der Waals surface area contributed by atoms with Crippen LogP contribution >= 0.6 is 0 Å². The first-order valence-corrected chi connectivity index (χ1v) is 9.63. The third-order valence-electron chi connectivity index (χ3n) is 4.74. The number of carbonyl (C=O) groups excluding carboxylic acids is 1. The van der Waals surface area contributed by atoms with E-state index in [2.05, 4.69) is 27.7 Å². The van der Waals surface area contributed by atoms with Crippen molar-refractivity contribution in [1.82, 2.24) is 4.90 Å². The zero-order valence-electron chi connectivity index (χ0n) is 17.5. The Labute approximate surface area is 154 Å². The summed E-state index contributed by atoms with van der Waals surface area (Å²) < 4.78 is 11.5. The Hall–Kier alpha value is -0.810. The maximum atomic E-state index is 12.1. The van der Waals surface area contributed by atoms with Crippen LogP contribution in [-0.2, 0) is 9.47 Å². The van der Waals surface area contributed by atoms with Gasteiger partial charge in [0.1, 0.15) is 5.60 Å². The fourth-order valence-corrected chi connectivity index (χ4v) is 3.49. The lowest BCUT2D eigenvalue weighted by Gasteiger charge is -2.36. The molecule has 0 aromatic carbocycles. The Kier molecular flexibility index (Phi) is 7.75. The lowest BCUT2D eigenvalue weighted by molar-refractivity contribution is -0.0191. The van der Waals surface area contributed by atoms with Crippen molar-refractivity contribution in [2.75, 3.05) is 26.2 Å². The number of nitrogens with two attached hydrogens (primary N) is 1. The molecule has 0 atom stereocenters. The van der Waals surface area contributed by atoms with E-state index in [4.69, 9.17) is 15.2 Å². The molecule has 5 heteroatoms. The van der Waals surface area contributed by atoms with Crippen molar-refractivity contribution in [2.24, 2.45) is 16.6 Å². The Morgan fingerprint density at radius 1 is 1.04 bits per heavy atom. The van der Waals surface area contributed by atoms with E-state index in [-0.39, 0.29) is 23.0 Å². The van der Waals surface area contributed by atoms with Crippen molar-refractivity contribution in [3.63, 3.8) is 0 Å². The number of hydrogen-bond acceptors (Lipinski definition) is 4. The van der Waals surface area contributed by atoms with Crippen LogP contribution in [0.4, 0.5) is 4.79 Å². The van der Waals surface area contributed by atoms with Crippen molar-refractivity contribution in [3.05, 3.63) is 0 Å². The molecule has 0 aromatic heterocycles. The molecule has 1 heterocycles. The highest BCUT2D eigenvalue weighted by atomic mass is 16.6. The zero-order valence-corrected chi connectivity index (χ0v) is 17.5. The van der Waals surface area contributed by atoms with E-state index in [1.807, 2.05) is 20.8 Å². The van der Waals surface area contributed by atoms with Crippen LogP contribution in [0.3, 0.4) is 0 Å². The van der Waals surface area contributed by atoms with Gasteiger partial charge in [0.25, 0.3) is 0 Å². The lowest BCUT2D eigenvalue weighted by Crippen LogP contribution is -2.43. The first kappa shape index (κ1) is 22.2. The molecule has 1 aliphatic rings. The number of carbonyl (C=O) groups is 1. The smallest absolute Gasteiger partial charge is 0.410 e. The molecule has 148 valence electrons. The van der Waals surface area contributed by atoms with Crippen LogP contribution in [0.1, 0.15) is 74.1 Å². The van der Waals surface area contributed by atoms with Gasteiger partial charge in [-0.25, -0.2) is 4.79 Å². The van der Waals surface area contributed by atoms with Gasteiger partial charge in [0.05, 0.1) is 6.10 Å². The fraction of sp³-hybridized carbons (Fsp3) is 0.950. The second kappa shape index (κ2) is 8.72. The topological polar surface area (TPSA) is 64.8 Å². The van der Waals surface area contributed by atoms with Gasteiger partial charge in [0.2, 0.25) is 0 Å². The Balaban J connectivity index is 2.30. The second-order valence-corrected chi connectivity index (χ2v) is 10.00. The van der Waals surface area contributed by atoms with Crippen LogP contribution in [-0.4, -0.2) is 48.9 Å². The van der Waals surface area contributed by atoms with Crippen LogP contribution in [0.5, 0.6) is 0 Å². The Morgan fingerprint density at radius 2 is 1.60 bits per heavy atom. The van der Waals surface area contributed by atoms with Crippen LogP contribution in [0, 0.1) is 10.8 Å². The highest BCUT2D eigenvalue weighted by Gasteiger charge is 2.29. The minimum atomic E-state index is -0.437. The van der Waals surface area contributed by atoms with Crippen molar-refractivity contribution in [3.8, 4) is 0 Å². The van der Waals surface area contributed by atoms with Gasteiger partial charge >= 0.3 is 6.09 Å². The zero-order chi connectivity index (χ0) is 19.3. The number of ether oxygens (including phenoxy) is 2. The van der Waals surface area contributed by atoms with Crippen molar-refractivity contribution >= 4 is 6.09 Å². The van der Waals surface area contributed by atoms with Gasteiger partial charge in [-0.2, -0.15) is 0 Å². The van der Waals surface area contributed by atoms with E-state index in [0.717, 1.165) is 32.3 Å². The molecule has 0 radical (unpaired) electrons. The van der Waals surface area contributed by atoms with E-state index in [0.29, 0.717) is 19.6 Å². The van der Waals surface area contributed by atoms with Gasteiger partial charge in [-0.3, -0.25) is 0 Å². The quantitative estimate of drug-likeness (QED) is 0.743. The molecule has 0 bridgehead atoms. The molecule has 0 unspecified atom stereocenters. The maximum Gasteiger partial charge on any atom is 0.410 e. The molecule has 1 amide bonds. The average Bonchev–Trinajstić information content (AvgIpc) is 2.45. The molecule has 25 heavy (non-hydrogen) atoms. The molecule has 0 spiro atoms. The Morgan fingerprint density at radius 3 is 2.08 bits per heavy atom. The summed E-state index contributed by atoms with van der Waals surface area (Å²) in [6.45, 7) is 17.6. The molecular weight excluding hydrogens is 316 g/mol.